The average Bonchev–Trinajstić information content (AvgIpc) is 3.40. The van der Waals surface area contributed by atoms with E-state index in [1.165, 1.54) is 6.20 Å². The van der Waals surface area contributed by atoms with Gasteiger partial charge in [0.05, 0.1) is 12.2 Å². The second kappa shape index (κ2) is 6.65. The fourth-order valence-corrected chi connectivity index (χ4v) is 3.14. The maximum Gasteiger partial charge on any atom is 0.322 e. The summed E-state index contributed by atoms with van der Waals surface area (Å²) in [7, 11) is 1.70. The zero-order valence-corrected chi connectivity index (χ0v) is 14.9. The Hall–Kier alpha value is -3.95. The van der Waals surface area contributed by atoms with Gasteiger partial charge in [0.1, 0.15) is 5.82 Å². The van der Waals surface area contributed by atoms with Crippen molar-refractivity contribution in [2.45, 2.75) is 5.54 Å². The minimum Gasteiger partial charge on any atom is -0.347 e. The SMILES string of the molecule is Cn1ccnc1C1(CNC(=O)c2cc(-c3ccccc3)[nH]n2)NC(=O)NC1=O. The van der Waals surface area contributed by atoms with Crippen molar-refractivity contribution in [1.82, 2.24) is 35.7 Å². The minimum absolute atomic E-state index is 0.165. The van der Waals surface area contributed by atoms with Gasteiger partial charge in [0, 0.05) is 19.4 Å². The fraction of sp³-hybridized carbons (Fsp3) is 0.167. The summed E-state index contributed by atoms with van der Waals surface area (Å²) < 4.78 is 1.61. The normalized spacial score (nSPS) is 18.6. The highest BCUT2D eigenvalue weighted by molar-refractivity contribution is 6.07. The number of amides is 4. The van der Waals surface area contributed by atoms with E-state index in [4.69, 9.17) is 0 Å². The molecule has 1 atom stereocenters. The van der Waals surface area contributed by atoms with E-state index >= 15 is 0 Å². The van der Waals surface area contributed by atoms with Gasteiger partial charge in [0.15, 0.2) is 11.2 Å². The molecular weight excluding hydrogens is 362 g/mol. The highest BCUT2D eigenvalue weighted by Gasteiger charge is 2.50. The van der Waals surface area contributed by atoms with Crippen LogP contribution in [-0.4, -0.2) is 44.1 Å². The van der Waals surface area contributed by atoms with Gasteiger partial charge in [-0.1, -0.05) is 30.3 Å². The third kappa shape index (κ3) is 2.90. The Bertz CT molecular complexity index is 1060. The number of carbonyl (C=O) groups excluding carboxylic acids is 3. The van der Waals surface area contributed by atoms with Crippen molar-refractivity contribution in [3.8, 4) is 11.3 Å². The second-order valence-corrected chi connectivity index (χ2v) is 6.39. The Labute approximate surface area is 159 Å². The molecule has 2 aromatic heterocycles. The molecule has 0 saturated carbocycles. The molecule has 0 aliphatic carbocycles. The number of imide groups is 1. The molecule has 3 heterocycles. The Morgan fingerprint density at radius 1 is 1.25 bits per heavy atom. The molecule has 1 aliphatic heterocycles. The lowest BCUT2D eigenvalue weighted by Gasteiger charge is -2.25. The predicted molar refractivity (Wildman–Crippen MR) is 97.9 cm³/mol. The Morgan fingerprint density at radius 3 is 2.68 bits per heavy atom. The van der Waals surface area contributed by atoms with Crippen molar-refractivity contribution in [2.75, 3.05) is 6.54 Å². The van der Waals surface area contributed by atoms with E-state index in [0.717, 1.165) is 5.56 Å². The Morgan fingerprint density at radius 2 is 2.04 bits per heavy atom. The monoisotopic (exact) mass is 379 g/mol. The zero-order valence-electron chi connectivity index (χ0n) is 14.9. The van der Waals surface area contributed by atoms with Crippen LogP contribution in [-0.2, 0) is 17.4 Å². The van der Waals surface area contributed by atoms with E-state index < -0.39 is 23.4 Å². The highest BCUT2D eigenvalue weighted by Crippen LogP contribution is 2.23. The molecule has 1 aromatic carbocycles. The summed E-state index contributed by atoms with van der Waals surface area (Å²) in [5.41, 5.74) is 0.250. The van der Waals surface area contributed by atoms with Crippen LogP contribution in [0.25, 0.3) is 11.3 Å². The second-order valence-electron chi connectivity index (χ2n) is 6.39. The lowest BCUT2D eigenvalue weighted by molar-refractivity contribution is -0.124. The van der Waals surface area contributed by atoms with Gasteiger partial charge in [-0.3, -0.25) is 20.0 Å². The lowest BCUT2D eigenvalue weighted by Crippen LogP contribution is -2.54. The summed E-state index contributed by atoms with van der Waals surface area (Å²) in [6.45, 7) is -0.179. The van der Waals surface area contributed by atoms with Crippen molar-refractivity contribution in [2.24, 2.45) is 7.05 Å². The minimum atomic E-state index is -1.50. The number of benzene rings is 1. The zero-order chi connectivity index (χ0) is 19.7. The van der Waals surface area contributed by atoms with Crippen LogP contribution in [0, 0.1) is 0 Å². The molecule has 0 radical (unpaired) electrons. The molecular formula is C18H17N7O3. The van der Waals surface area contributed by atoms with Crippen LogP contribution < -0.4 is 16.0 Å². The van der Waals surface area contributed by atoms with Crippen LogP contribution in [0.15, 0.2) is 48.8 Å². The van der Waals surface area contributed by atoms with Crippen molar-refractivity contribution >= 4 is 17.8 Å². The number of H-pyrrole nitrogens is 1. The van der Waals surface area contributed by atoms with Crippen LogP contribution in [0.2, 0.25) is 0 Å². The van der Waals surface area contributed by atoms with E-state index in [-0.39, 0.29) is 12.2 Å². The number of nitrogens with one attached hydrogen (secondary N) is 4. The molecule has 1 fully saturated rings. The Kier molecular flexibility index (Phi) is 4.15. The smallest absolute Gasteiger partial charge is 0.322 e. The van der Waals surface area contributed by atoms with Crippen molar-refractivity contribution in [1.29, 1.82) is 0 Å². The van der Waals surface area contributed by atoms with Crippen molar-refractivity contribution in [3.05, 3.63) is 60.3 Å². The first kappa shape index (κ1) is 17.5. The van der Waals surface area contributed by atoms with E-state index in [0.29, 0.717) is 11.5 Å². The summed E-state index contributed by atoms with van der Waals surface area (Å²) in [6, 6.07) is 10.4. The van der Waals surface area contributed by atoms with Crippen LogP contribution in [0.4, 0.5) is 4.79 Å². The largest absolute Gasteiger partial charge is 0.347 e. The molecule has 4 rings (SSSR count). The van der Waals surface area contributed by atoms with Crippen LogP contribution in [0.1, 0.15) is 16.3 Å². The molecule has 1 aliphatic rings. The highest BCUT2D eigenvalue weighted by atomic mass is 16.2. The molecule has 10 heteroatoms. The van der Waals surface area contributed by atoms with Crippen LogP contribution in [0.3, 0.4) is 0 Å². The number of imidazole rings is 1. The fourth-order valence-electron chi connectivity index (χ4n) is 3.14. The molecule has 28 heavy (non-hydrogen) atoms. The molecule has 1 saturated heterocycles. The maximum atomic E-state index is 12.6. The summed E-state index contributed by atoms with van der Waals surface area (Å²) in [5.74, 6) is -0.761. The van der Waals surface area contributed by atoms with Gasteiger partial charge < -0.3 is 15.2 Å². The first-order chi connectivity index (χ1) is 13.5. The number of hydrogen-bond acceptors (Lipinski definition) is 5. The number of nitrogens with zero attached hydrogens (tertiary/aromatic N) is 3. The number of urea groups is 1. The Balaban J connectivity index is 1.55. The van der Waals surface area contributed by atoms with Gasteiger partial charge >= 0.3 is 6.03 Å². The number of aryl methyl sites for hydroxylation is 1. The molecule has 0 bridgehead atoms. The molecule has 10 nitrogen and oxygen atoms in total. The van der Waals surface area contributed by atoms with Gasteiger partial charge in [-0.05, 0) is 11.6 Å². The lowest BCUT2D eigenvalue weighted by atomic mass is 9.98. The summed E-state index contributed by atoms with van der Waals surface area (Å²) in [4.78, 5) is 40.9. The number of carbonyl (C=O) groups is 3. The number of rotatable bonds is 5. The van der Waals surface area contributed by atoms with Crippen molar-refractivity contribution < 1.29 is 14.4 Å². The van der Waals surface area contributed by atoms with Crippen molar-refractivity contribution in [3.63, 3.8) is 0 Å². The molecule has 4 amide bonds. The summed E-state index contributed by atoms with van der Waals surface area (Å²) in [6.07, 6.45) is 3.16. The van der Waals surface area contributed by atoms with Crippen LogP contribution in [0.5, 0.6) is 0 Å². The van der Waals surface area contributed by atoms with E-state index in [9.17, 15) is 14.4 Å². The quantitative estimate of drug-likeness (QED) is 0.472. The molecule has 4 N–H and O–H groups in total. The topological polar surface area (TPSA) is 134 Å². The maximum absolute atomic E-state index is 12.6. The van der Waals surface area contributed by atoms with E-state index in [2.05, 4.69) is 31.1 Å². The van der Waals surface area contributed by atoms with Gasteiger partial charge in [-0.25, -0.2) is 9.78 Å². The molecule has 142 valence electrons. The number of hydrogen-bond donors (Lipinski definition) is 4. The average molecular weight is 379 g/mol. The standard InChI is InChI=1S/C18H17N7O3/c1-25-8-7-19-15(25)18(16(27)21-17(28)22-18)10-20-14(26)13-9-12(23-24-13)11-5-3-2-4-6-11/h2-9H,10H2,1H3,(H,20,26)(H,23,24)(H2,21,22,27,28). The van der Waals surface area contributed by atoms with E-state index in [1.807, 2.05) is 30.3 Å². The summed E-state index contributed by atoms with van der Waals surface area (Å²) in [5, 5.41) is 14.3. The van der Waals surface area contributed by atoms with Gasteiger partial charge in [0.2, 0.25) is 0 Å². The first-order valence-electron chi connectivity index (χ1n) is 8.50. The number of aromatic amines is 1. The van der Waals surface area contributed by atoms with Gasteiger partial charge in [-0.2, -0.15) is 5.10 Å². The van der Waals surface area contributed by atoms with Gasteiger partial charge in [0.25, 0.3) is 11.8 Å². The molecule has 1 unspecified atom stereocenters. The third-order valence-electron chi connectivity index (χ3n) is 4.55. The van der Waals surface area contributed by atoms with E-state index in [1.54, 1.807) is 23.9 Å². The number of aromatic nitrogens is 4. The van der Waals surface area contributed by atoms with Crippen LogP contribution >= 0.6 is 0 Å². The molecule has 0 spiro atoms. The summed E-state index contributed by atoms with van der Waals surface area (Å²) >= 11 is 0. The van der Waals surface area contributed by atoms with Gasteiger partial charge in [-0.15, -0.1) is 0 Å². The first-order valence-corrected chi connectivity index (χ1v) is 8.50. The third-order valence-corrected chi connectivity index (χ3v) is 4.55. The molecule has 3 aromatic rings. The predicted octanol–water partition coefficient (Wildman–Crippen LogP) is 0.275.